The third kappa shape index (κ3) is 6.92. The molecular formula is C28H36ClN7O6S3. The number of piperazine rings is 1. The molecule has 2 aromatic heterocycles. The lowest BCUT2D eigenvalue weighted by molar-refractivity contribution is -0.143. The number of hydrogen-bond donors (Lipinski definition) is 1. The summed E-state index contributed by atoms with van der Waals surface area (Å²) in [5.74, 6) is -0.560. The van der Waals surface area contributed by atoms with Crippen LogP contribution < -0.4 is 4.72 Å². The van der Waals surface area contributed by atoms with Crippen molar-refractivity contribution in [2.75, 3.05) is 52.4 Å². The highest BCUT2D eigenvalue weighted by atomic mass is 35.5. The fraction of sp³-hybridized carbons (Fsp3) is 0.536. The number of carbonyl (C=O) groups excluding carboxylic acids is 2. The van der Waals surface area contributed by atoms with Crippen molar-refractivity contribution >= 4 is 64.9 Å². The Morgan fingerprint density at radius 3 is 2.53 bits per heavy atom. The zero-order chi connectivity index (χ0) is 31.9. The molecule has 0 spiro atoms. The molecule has 3 fully saturated rings. The predicted molar refractivity (Wildman–Crippen MR) is 170 cm³/mol. The molecule has 2 atom stereocenters. The first-order chi connectivity index (χ1) is 21.4. The monoisotopic (exact) mass is 697 g/mol. The van der Waals surface area contributed by atoms with Crippen molar-refractivity contribution in [2.45, 2.75) is 47.0 Å². The van der Waals surface area contributed by atoms with Crippen LogP contribution in [0.15, 0.2) is 46.0 Å². The number of fused-ring (bicyclic) bond motifs is 1. The second kappa shape index (κ2) is 12.9. The SMILES string of the molecule is Cn1cnc(S(=O)(=O)N2CCN(C[C@@H]3CCCN3C(=O)CN3CCC[C@H](NS(=O)(=O)c4cc5cc(Cl)ccc5s4)C3=O)CC2)c1. The number of imidazole rings is 1. The van der Waals surface area contributed by atoms with E-state index in [9.17, 15) is 26.4 Å². The van der Waals surface area contributed by atoms with E-state index < -0.39 is 32.0 Å². The molecule has 3 saturated heterocycles. The van der Waals surface area contributed by atoms with Crippen LogP contribution in [0, 0.1) is 0 Å². The molecule has 3 aliphatic heterocycles. The zero-order valence-electron chi connectivity index (χ0n) is 24.8. The van der Waals surface area contributed by atoms with Gasteiger partial charge < -0.3 is 14.4 Å². The number of aromatic nitrogens is 2. The van der Waals surface area contributed by atoms with Gasteiger partial charge in [0, 0.05) is 74.8 Å². The molecule has 3 aliphatic rings. The van der Waals surface area contributed by atoms with Crippen LogP contribution in [-0.4, -0.2) is 122 Å². The van der Waals surface area contributed by atoms with Crippen molar-refractivity contribution in [1.29, 1.82) is 0 Å². The maximum Gasteiger partial charge on any atom is 0.262 e. The fourth-order valence-corrected chi connectivity index (χ4v) is 10.5. The Hall–Kier alpha value is -2.60. The summed E-state index contributed by atoms with van der Waals surface area (Å²) in [6, 6.07) is 5.73. The molecule has 5 heterocycles. The minimum absolute atomic E-state index is 0.0351. The number of piperidine rings is 1. The molecule has 244 valence electrons. The molecule has 3 aromatic rings. The average molecular weight is 698 g/mol. The predicted octanol–water partition coefficient (Wildman–Crippen LogP) is 1.56. The molecule has 0 bridgehead atoms. The highest BCUT2D eigenvalue weighted by Crippen LogP contribution is 2.31. The van der Waals surface area contributed by atoms with E-state index in [2.05, 4.69) is 14.6 Å². The summed E-state index contributed by atoms with van der Waals surface area (Å²) in [4.78, 5) is 36.3. The third-order valence-electron chi connectivity index (χ3n) is 8.66. The molecular weight excluding hydrogens is 662 g/mol. The Morgan fingerprint density at radius 1 is 1.04 bits per heavy atom. The highest BCUT2D eigenvalue weighted by molar-refractivity contribution is 7.91. The number of amides is 2. The van der Waals surface area contributed by atoms with Crippen LogP contribution in [0.1, 0.15) is 25.7 Å². The lowest BCUT2D eigenvalue weighted by atomic mass is 10.1. The van der Waals surface area contributed by atoms with Gasteiger partial charge in [-0.25, -0.2) is 21.8 Å². The van der Waals surface area contributed by atoms with Gasteiger partial charge in [0.05, 0.1) is 12.9 Å². The molecule has 2 amide bonds. The first-order valence-electron chi connectivity index (χ1n) is 14.9. The van der Waals surface area contributed by atoms with Crippen LogP contribution in [-0.2, 0) is 36.7 Å². The van der Waals surface area contributed by atoms with E-state index in [0.29, 0.717) is 69.1 Å². The lowest BCUT2D eigenvalue weighted by Gasteiger charge is -2.37. The van der Waals surface area contributed by atoms with Crippen LogP contribution in [0.4, 0.5) is 0 Å². The van der Waals surface area contributed by atoms with Crippen molar-refractivity contribution in [3.63, 3.8) is 0 Å². The summed E-state index contributed by atoms with van der Waals surface area (Å²) in [5.41, 5.74) is 0. The van der Waals surface area contributed by atoms with E-state index in [1.165, 1.54) is 21.7 Å². The van der Waals surface area contributed by atoms with Gasteiger partial charge in [0.1, 0.15) is 10.3 Å². The number of sulfonamides is 2. The van der Waals surface area contributed by atoms with E-state index in [-0.39, 0.29) is 27.7 Å². The molecule has 0 unspecified atom stereocenters. The first kappa shape index (κ1) is 32.3. The summed E-state index contributed by atoms with van der Waals surface area (Å²) in [7, 11) is -5.88. The normalized spacial score (nSPS) is 22.5. The zero-order valence-corrected chi connectivity index (χ0v) is 28.0. The van der Waals surface area contributed by atoms with Crippen molar-refractivity contribution in [2.24, 2.45) is 7.05 Å². The Morgan fingerprint density at radius 2 is 1.80 bits per heavy atom. The Balaban J connectivity index is 1.03. The number of aryl methyl sites for hydroxylation is 1. The summed E-state index contributed by atoms with van der Waals surface area (Å²) in [5, 5.41) is 1.26. The van der Waals surface area contributed by atoms with Gasteiger partial charge in [0.25, 0.3) is 20.0 Å². The molecule has 0 radical (unpaired) electrons. The Bertz CT molecular complexity index is 1800. The molecule has 45 heavy (non-hydrogen) atoms. The fourth-order valence-electron chi connectivity index (χ4n) is 6.29. The summed E-state index contributed by atoms with van der Waals surface area (Å²) < 4.78 is 58.8. The summed E-state index contributed by atoms with van der Waals surface area (Å²) in [6.07, 6.45) is 5.57. The number of hydrogen-bond acceptors (Lipinski definition) is 9. The second-order valence-electron chi connectivity index (χ2n) is 11.8. The van der Waals surface area contributed by atoms with Crippen LogP contribution >= 0.6 is 22.9 Å². The summed E-state index contributed by atoms with van der Waals surface area (Å²) >= 11 is 7.16. The number of likely N-dealkylation sites (tertiary alicyclic amines) is 2. The Labute approximate surface area is 271 Å². The van der Waals surface area contributed by atoms with Gasteiger partial charge in [-0.15, -0.1) is 11.3 Å². The van der Waals surface area contributed by atoms with Crippen molar-refractivity contribution in [3.05, 3.63) is 41.8 Å². The number of benzene rings is 1. The Kier molecular flexibility index (Phi) is 9.27. The van der Waals surface area contributed by atoms with E-state index in [1.54, 1.807) is 35.9 Å². The van der Waals surface area contributed by atoms with Gasteiger partial charge in [-0.3, -0.25) is 14.5 Å². The van der Waals surface area contributed by atoms with E-state index >= 15 is 0 Å². The number of halogens is 1. The van der Waals surface area contributed by atoms with Gasteiger partial charge in [0.2, 0.25) is 11.8 Å². The summed E-state index contributed by atoms with van der Waals surface area (Å²) in [6.45, 7) is 3.27. The highest BCUT2D eigenvalue weighted by Gasteiger charge is 2.37. The number of carbonyl (C=O) groups is 2. The number of thiophene rings is 1. The molecule has 0 saturated carbocycles. The largest absolute Gasteiger partial charge is 0.339 e. The van der Waals surface area contributed by atoms with Crippen LogP contribution in [0.5, 0.6) is 0 Å². The number of nitrogens with zero attached hydrogens (tertiary/aromatic N) is 6. The van der Waals surface area contributed by atoms with Crippen LogP contribution in [0.3, 0.4) is 0 Å². The van der Waals surface area contributed by atoms with E-state index in [1.807, 2.05) is 4.90 Å². The van der Waals surface area contributed by atoms with Gasteiger partial charge in [-0.05, 0) is 55.3 Å². The first-order valence-corrected chi connectivity index (χ1v) is 19.0. The molecule has 13 nitrogen and oxygen atoms in total. The van der Waals surface area contributed by atoms with Gasteiger partial charge in [-0.1, -0.05) is 11.6 Å². The van der Waals surface area contributed by atoms with Crippen molar-refractivity contribution < 1.29 is 26.4 Å². The lowest BCUT2D eigenvalue weighted by Crippen LogP contribution is -2.56. The van der Waals surface area contributed by atoms with Crippen LogP contribution in [0.25, 0.3) is 10.1 Å². The smallest absolute Gasteiger partial charge is 0.262 e. The minimum atomic E-state index is -3.96. The third-order valence-corrected chi connectivity index (χ3v) is 13.7. The quantitative estimate of drug-likeness (QED) is 0.355. The molecule has 1 N–H and O–H groups in total. The van der Waals surface area contributed by atoms with E-state index in [0.717, 1.165) is 28.9 Å². The number of rotatable bonds is 9. The minimum Gasteiger partial charge on any atom is -0.339 e. The average Bonchev–Trinajstić information content (AvgIpc) is 3.75. The van der Waals surface area contributed by atoms with Crippen molar-refractivity contribution in [3.8, 4) is 0 Å². The van der Waals surface area contributed by atoms with E-state index in [4.69, 9.17) is 11.6 Å². The maximum absolute atomic E-state index is 13.5. The molecule has 0 aliphatic carbocycles. The molecule has 6 rings (SSSR count). The van der Waals surface area contributed by atoms with Gasteiger partial charge in [-0.2, -0.15) is 9.03 Å². The van der Waals surface area contributed by atoms with Gasteiger partial charge >= 0.3 is 0 Å². The second-order valence-corrected chi connectivity index (χ2v) is 17.1. The number of nitrogens with one attached hydrogen (secondary N) is 1. The maximum atomic E-state index is 13.5. The van der Waals surface area contributed by atoms with Crippen molar-refractivity contribution in [1.82, 2.24) is 33.3 Å². The molecule has 1 aromatic carbocycles. The topological polar surface area (TPSA) is 145 Å². The molecule has 17 heteroatoms. The van der Waals surface area contributed by atoms with Crippen LogP contribution in [0.2, 0.25) is 5.02 Å². The van der Waals surface area contributed by atoms with Gasteiger partial charge in [0.15, 0.2) is 5.03 Å². The standard InChI is InChI=1S/C28H36ClN7O6S3/c1-32-17-25(30-19-32)45(41,42)35-12-10-33(11-13-35)16-22-4-2-9-36(22)26(37)18-34-8-3-5-23(28(34)38)31-44(39,40)27-15-20-14-21(29)6-7-24(20)43-27/h6-7,14-15,17,19,22-23,31H,2-5,8-13,16,18H2,1H3/t22-,23-/m0/s1.